The highest BCUT2D eigenvalue weighted by Crippen LogP contribution is 2.47. The zero-order chi connectivity index (χ0) is 40.0. The molecule has 14 nitrogen and oxygen atoms in total. The largest absolute Gasteiger partial charge is 0.467 e. The Bertz CT molecular complexity index is 1890. The Balaban J connectivity index is 1.43. The van der Waals surface area contributed by atoms with Gasteiger partial charge in [0.25, 0.3) is 0 Å². The summed E-state index contributed by atoms with van der Waals surface area (Å²) in [6.45, 7) is 4.47. The maximum absolute atomic E-state index is 13.9. The van der Waals surface area contributed by atoms with Crippen molar-refractivity contribution in [2.75, 3.05) is 12.0 Å². The van der Waals surface area contributed by atoms with Gasteiger partial charge >= 0.3 is 29.8 Å². The number of rotatable bonds is 13. The van der Waals surface area contributed by atoms with Gasteiger partial charge in [0, 0.05) is 33.4 Å². The predicted molar refractivity (Wildman–Crippen MR) is 185 cm³/mol. The maximum Gasteiger partial charge on any atom is 0.339 e. The minimum Gasteiger partial charge on any atom is -0.467 e. The van der Waals surface area contributed by atoms with Gasteiger partial charge in [-0.1, -0.05) is 24.3 Å². The van der Waals surface area contributed by atoms with E-state index in [2.05, 4.69) is 0 Å². The highest BCUT2D eigenvalue weighted by atomic mass is 19.1. The summed E-state index contributed by atoms with van der Waals surface area (Å²) in [5.74, 6) is -5.77. The molecule has 5 rings (SSSR count). The number of anilines is 1. The average molecular weight is 768 g/mol. The second kappa shape index (κ2) is 17.5. The van der Waals surface area contributed by atoms with Crippen LogP contribution >= 0.6 is 0 Å². The van der Waals surface area contributed by atoms with Gasteiger partial charge in [-0.05, 0) is 72.5 Å². The van der Waals surface area contributed by atoms with Crippen LogP contribution < -0.4 is 9.64 Å². The van der Waals surface area contributed by atoms with Gasteiger partial charge in [0.2, 0.25) is 18.3 Å². The van der Waals surface area contributed by atoms with Crippen molar-refractivity contribution < 1.29 is 70.7 Å². The quantitative estimate of drug-likeness (QED) is 0.132. The molecule has 0 aromatic heterocycles. The van der Waals surface area contributed by atoms with Crippen molar-refractivity contribution in [3.8, 4) is 5.75 Å². The number of methoxy groups -OCH3 is 1. The fourth-order valence-corrected chi connectivity index (χ4v) is 6.66. The van der Waals surface area contributed by atoms with Crippen LogP contribution in [-0.2, 0) is 57.2 Å². The molecule has 0 saturated carbocycles. The monoisotopic (exact) mass is 767 g/mol. The molecule has 2 saturated heterocycles. The first-order valence-corrected chi connectivity index (χ1v) is 17.2. The number of carbonyl (C=O) groups excluding carboxylic acids is 6. The number of esters is 5. The minimum absolute atomic E-state index is 0.129. The van der Waals surface area contributed by atoms with Crippen LogP contribution in [0.1, 0.15) is 63.8 Å². The molecular weight excluding hydrogens is 728 g/mol. The summed E-state index contributed by atoms with van der Waals surface area (Å²) in [7, 11) is 1.07. The molecule has 0 bridgehead atoms. The molecule has 2 aliphatic heterocycles. The van der Waals surface area contributed by atoms with Crippen molar-refractivity contribution in [1.82, 2.24) is 0 Å². The van der Waals surface area contributed by atoms with Crippen molar-refractivity contribution in [2.24, 2.45) is 5.92 Å². The van der Waals surface area contributed by atoms with Crippen LogP contribution in [0.3, 0.4) is 0 Å². The van der Waals surface area contributed by atoms with Crippen molar-refractivity contribution >= 4 is 41.4 Å². The Hall–Kier alpha value is -5.90. The zero-order valence-corrected chi connectivity index (χ0v) is 30.5. The molecule has 1 amide bonds. The lowest BCUT2D eigenvalue weighted by Gasteiger charge is -2.48. The highest BCUT2D eigenvalue weighted by molar-refractivity contribution is 6.03. The molecule has 3 aromatic carbocycles. The predicted octanol–water partition coefficient (Wildman–Crippen LogP) is 4.83. The van der Waals surface area contributed by atoms with Crippen molar-refractivity contribution in [1.29, 1.82) is 0 Å². The van der Waals surface area contributed by atoms with Gasteiger partial charge in [0.15, 0.2) is 18.3 Å². The van der Waals surface area contributed by atoms with Gasteiger partial charge < -0.3 is 38.1 Å². The van der Waals surface area contributed by atoms with E-state index >= 15 is 0 Å². The summed E-state index contributed by atoms with van der Waals surface area (Å²) in [4.78, 5) is 76.3. The fraction of sp³-hybridized carbons (Fsp3) is 0.385. The molecule has 8 atom stereocenters. The highest BCUT2D eigenvalue weighted by Gasteiger charge is 2.56. The number of benzene rings is 3. The summed E-state index contributed by atoms with van der Waals surface area (Å²) in [5, 5.41) is 0. The summed E-state index contributed by atoms with van der Waals surface area (Å²) < 4.78 is 65.9. The van der Waals surface area contributed by atoms with Crippen LogP contribution in [0.2, 0.25) is 0 Å². The molecule has 0 N–H and O–H groups in total. The van der Waals surface area contributed by atoms with Crippen LogP contribution in [0.4, 0.5) is 14.5 Å². The molecule has 0 aliphatic carbocycles. The first kappa shape index (κ1) is 40.3. The summed E-state index contributed by atoms with van der Waals surface area (Å²) in [6.07, 6.45) is -8.18. The van der Waals surface area contributed by atoms with Gasteiger partial charge in [-0.3, -0.25) is 24.0 Å². The topological polar surface area (TPSA) is 170 Å². The Kier molecular flexibility index (Phi) is 12.8. The molecule has 0 radical (unpaired) electrons. The number of β-lactam (4-membered cyclic amide) rings is 1. The Morgan fingerprint density at radius 1 is 0.727 bits per heavy atom. The average Bonchev–Trinajstić information content (AvgIpc) is 3.13. The Morgan fingerprint density at radius 3 is 1.82 bits per heavy atom. The minimum atomic E-state index is -1.66. The van der Waals surface area contributed by atoms with Gasteiger partial charge in [-0.15, -0.1) is 0 Å². The number of hydrogen-bond donors (Lipinski definition) is 0. The van der Waals surface area contributed by atoms with Gasteiger partial charge in [-0.25, -0.2) is 13.6 Å². The molecular formula is C39H39F2NO13. The standard InChI is InChI=1S/C39H39F2NO13/c1-20(43)50-31(24-6-10-26(40)11-7-24)19-18-30-32(42(37(30)47)28-14-12-27(41)13-15-28)25-8-16-29(17-9-25)54-39-36(53-23(4)46)34(52-22(3)45)33(51-21(2)44)35(55-39)38(48)49-5/h6-17,30-36,39H,18-19H2,1-5H3/t30-,31-,32-,33+,34+,35+,36-,39-/m1/s1. The number of ether oxygens (including phenoxy) is 7. The normalized spacial score (nSPS) is 23.7. The summed E-state index contributed by atoms with van der Waals surface area (Å²) in [5.41, 5.74) is 1.63. The fourth-order valence-electron chi connectivity index (χ4n) is 6.66. The van der Waals surface area contributed by atoms with Crippen molar-refractivity contribution in [3.63, 3.8) is 0 Å². The molecule has 16 heteroatoms. The van der Waals surface area contributed by atoms with Crippen LogP contribution in [0.15, 0.2) is 72.8 Å². The Morgan fingerprint density at radius 2 is 1.27 bits per heavy atom. The third-order valence-corrected chi connectivity index (χ3v) is 8.92. The summed E-state index contributed by atoms with van der Waals surface area (Å²) >= 11 is 0. The molecule has 2 heterocycles. The van der Waals surface area contributed by atoms with E-state index in [1.54, 1.807) is 12.1 Å². The molecule has 0 spiro atoms. The Labute approximate surface area is 314 Å². The number of hydrogen-bond acceptors (Lipinski definition) is 13. The molecule has 0 unspecified atom stereocenters. The molecule has 2 fully saturated rings. The van der Waals surface area contributed by atoms with Crippen LogP contribution in [0, 0.1) is 17.6 Å². The lowest BCUT2D eigenvalue weighted by Crippen LogP contribution is -2.64. The first-order valence-electron chi connectivity index (χ1n) is 17.2. The number of halogens is 2. The third kappa shape index (κ3) is 9.62. The van der Waals surface area contributed by atoms with Gasteiger partial charge in [0.1, 0.15) is 23.5 Å². The van der Waals surface area contributed by atoms with E-state index < -0.39 is 90.3 Å². The number of nitrogens with zero attached hydrogens (tertiary/aromatic N) is 1. The van der Waals surface area contributed by atoms with E-state index in [9.17, 15) is 37.5 Å². The van der Waals surface area contributed by atoms with E-state index in [0.29, 0.717) is 16.8 Å². The molecule has 292 valence electrons. The second-order valence-corrected chi connectivity index (χ2v) is 12.8. The van der Waals surface area contributed by atoms with E-state index in [0.717, 1.165) is 27.9 Å². The number of amides is 1. The SMILES string of the molecule is COC(=O)[C@H]1O[C@@H](Oc2ccc([C@@H]3[C@@H](CC[C@@H](OC(C)=O)c4ccc(F)cc4)C(=O)N3c3ccc(F)cc3)cc2)[C@H](OC(C)=O)[C@@H](OC(C)=O)[C@@H]1OC(C)=O. The third-order valence-electron chi connectivity index (χ3n) is 8.92. The van der Waals surface area contributed by atoms with Crippen LogP contribution in [0.5, 0.6) is 5.75 Å². The first-order chi connectivity index (χ1) is 26.2. The number of carbonyl (C=O) groups is 6. The lowest BCUT2D eigenvalue weighted by molar-refractivity contribution is -0.282. The summed E-state index contributed by atoms with van der Waals surface area (Å²) in [6, 6.07) is 16.7. The van der Waals surface area contributed by atoms with E-state index in [4.69, 9.17) is 33.2 Å². The maximum atomic E-state index is 13.9. The van der Waals surface area contributed by atoms with E-state index in [1.807, 2.05) is 0 Å². The van der Waals surface area contributed by atoms with Crippen LogP contribution in [-0.4, -0.2) is 73.6 Å². The van der Waals surface area contributed by atoms with Crippen molar-refractivity contribution in [3.05, 3.63) is 95.6 Å². The van der Waals surface area contributed by atoms with Crippen LogP contribution in [0.25, 0.3) is 0 Å². The zero-order valence-electron chi connectivity index (χ0n) is 30.5. The molecule has 2 aliphatic rings. The van der Waals surface area contributed by atoms with Crippen molar-refractivity contribution in [2.45, 2.75) is 83.4 Å². The van der Waals surface area contributed by atoms with E-state index in [-0.39, 0.29) is 24.5 Å². The molecule has 3 aromatic rings. The van der Waals surface area contributed by atoms with E-state index in [1.165, 1.54) is 72.5 Å². The second-order valence-electron chi connectivity index (χ2n) is 12.8. The van der Waals surface area contributed by atoms with Gasteiger partial charge in [-0.2, -0.15) is 0 Å². The van der Waals surface area contributed by atoms with Gasteiger partial charge in [0.05, 0.1) is 19.1 Å². The molecule has 55 heavy (non-hydrogen) atoms. The lowest BCUT2D eigenvalue weighted by atomic mass is 9.78. The smallest absolute Gasteiger partial charge is 0.339 e.